The Morgan fingerprint density at radius 1 is 1.00 bits per heavy atom. The summed E-state index contributed by atoms with van der Waals surface area (Å²) < 4.78 is 5.05. The van der Waals surface area contributed by atoms with Crippen molar-refractivity contribution in [3.05, 3.63) is 58.1 Å². The van der Waals surface area contributed by atoms with Gasteiger partial charge in [-0.2, -0.15) is 0 Å². The van der Waals surface area contributed by atoms with Crippen LogP contribution >= 0.6 is 23.2 Å². The van der Waals surface area contributed by atoms with Crippen LogP contribution in [0.3, 0.4) is 0 Å². The molecule has 2 N–H and O–H groups in total. The van der Waals surface area contributed by atoms with Crippen LogP contribution in [0.2, 0.25) is 10.0 Å². The first-order valence-corrected chi connectivity index (χ1v) is 7.42. The normalized spacial score (nSPS) is 10.0. The van der Waals surface area contributed by atoms with Crippen LogP contribution in [-0.4, -0.2) is 18.9 Å². The van der Waals surface area contributed by atoms with E-state index in [0.717, 1.165) is 11.3 Å². The fraction of sp³-hybridized carbons (Fsp3) is 0.125. The lowest BCUT2D eigenvalue weighted by Gasteiger charge is -2.08. The van der Waals surface area contributed by atoms with Crippen LogP contribution in [0.5, 0.6) is 5.75 Å². The molecule has 0 aliphatic heterocycles. The molecule has 0 unspecified atom stereocenters. The summed E-state index contributed by atoms with van der Waals surface area (Å²) in [6, 6.07) is 11.7. The minimum absolute atomic E-state index is 0.229. The number of anilines is 1. The molecule has 0 fully saturated rings. The Morgan fingerprint density at radius 2 is 1.61 bits per heavy atom. The van der Waals surface area contributed by atoms with E-state index in [9.17, 15) is 9.59 Å². The first-order valence-electron chi connectivity index (χ1n) is 6.66. The predicted molar refractivity (Wildman–Crippen MR) is 89.9 cm³/mol. The van der Waals surface area contributed by atoms with Gasteiger partial charge in [0, 0.05) is 22.3 Å². The molecule has 23 heavy (non-hydrogen) atoms. The summed E-state index contributed by atoms with van der Waals surface area (Å²) in [7, 11) is 1.57. The zero-order valence-corrected chi connectivity index (χ0v) is 13.7. The lowest BCUT2D eigenvalue weighted by Crippen LogP contribution is -2.34. The maximum atomic E-state index is 11.8. The number of rotatable bonds is 4. The van der Waals surface area contributed by atoms with Crippen molar-refractivity contribution < 1.29 is 14.3 Å². The van der Waals surface area contributed by atoms with E-state index < -0.39 is 11.8 Å². The lowest BCUT2D eigenvalue weighted by atomic mass is 10.2. The van der Waals surface area contributed by atoms with Crippen LogP contribution in [0.4, 0.5) is 5.69 Å². The molecule has 0 bridgehead atoms. The molecule has 0 saturated carbocycles. The van der Waals surface area contributed by atoms with Gasteiger partial charge in [0.05, 0.1) is 7.11 Å². The highest BCUT2D eigenvalue weighted by molar-refractivity contribution is 6.40. The predicted octanol–water partition coefficient (Wildman–Crippen LogP) is 3.26. The molecule has 0 heterocycles. The first kappa shape index (κ1) is 17.1. The van der Waals surface area contributed by atoms with E-state index in [-0.39, 0.29) is 6.54 Å². The highest BCUT2D eigenvalue weighted by Gasteiger charge is 2.14. The van der Waals surface area contributed by atoms with Gasteiger partial charge in [-0.25, -0.2) is 0 Å². The Kier molecular flexibility index (Phi) is 5.84. The van der Waals surface area contributed by atoms with E-state index in [2.05, 4.69) is 10.6 Å². The zero-order chi connectivity index (χ0) is 16.8. The molecular formula is C16H14Cl2N2O3. The van der Waals surface area contributed by atoms with Crippen LogP contribution in [-0.2, 0) is 16.1 Å². The molecule has 2 amide bonds. The van der Waals surface area contributed by atoms with Gasteiger partial charge in [0.25, 0.3) is 0 Å². The third kappa shape index (κ3) is 5.16. The summed E-state index contributed by atoms with van der Waals surface area (Å²) in [4.78, 5) is 23.6. The topological polar surface area (TPSA) is 67.4 Å². The number of amides is 2. The number of methoxy groups -OCH3 is 1. The second-order valence-electron chi connectivity index (χ2n) is 4.64. The maximum Gasteiger partial charge on any atom is 0.313 e. The molecule has 2 aromatic rings. The molecule has 0 spiro atoms. The van der Waals surface area contributed by atoms with Gasteiger partial charge in [0.2, 0.25) is 0 Å². The van der Waals surface area contributed by atoms with Gasteiger partial charge in [0.15, 0.2) is 0 Å². The van der Waals surface area contributed by atoms with E-state index in [4.69, 9.17) is 27.9 Å². The molecule has 0 aromatic heterocycles. The molecule has 2 rings (SSSR count). The van der Waals surface area contributed by atoms with Gasteiger partial charge in [-0.1, -0.05) is 35.3 Å². The zero-order valence-electron chi connectivity index (χ0n) is 12.2. The van der Waals surface area contributed by atoms with Crippen molar-refractivity contribution in [2.24, 2.45) is 0 Å². The minimum Gasteiger partial charge on any atom is -0.497 e. The molecule has 2 aromatic carbocycles. The summed E-state index contributed by atoms with van der Waals surface area (Å²) in [6.45, 7) is 0.229. The van der Waals surface area contributed by atoms with E-state index >= 15 is 0 Å². The third-order valence-electron chi connectivity index (χ3n) is 2.94. The Bertz CT molecular complexity index is 698. The lowest BCUT2D eigenvalue weighted by molar-refractivity contribution is -0.136. The van der Waals surface area contributed by atoms with Gasteiger partial charge in [-0.05, 0) is 35.9 Å². The molecule has 120 valence electrons. The fourth-order valence-corrected chi connectivity index (χ4v) is 2.35. The van der Waals surface area contributed by atoms with Crippen LogP contribution in [0.25, 0.3) is 0 Å². The summed E-state index contributed by atoms with van der Waals surface area (Å²) in [5.41, 5.74) is 1.20. The van der Waals surface area contributed by atoms with Crippen molar-refractivity contribution in [1.29, 1.82) is 0 Å². The number of hydrogen-bond acceptors (Lipinski definition) is 3. The molecule has 0 radical (unpaired) electrons. The highest BCUT2D eigenvalue weighted by atomic mass is 35.5. The van der Waals surface area contributed by atoms with Crippen molar-refractivity contribution in [2.75, 3.05) is 12.4 Å². The summed E-state index contributed by atoms with van der Waals surface area (Å²) >= 11 is 11.7. The number of carbonyl (C=O) groups excluding carboxylic acids is 2. The summed E-state index contributed by atoms with van der Waals surface area (Å²) in [5.74, 6) is -0.829. The molecule has 7 heteroatoms. The fourth-order valence-electron chi connectivity index (χ4n) is 1.82. The molecule has 0 aliphatic rings. The third-order valence-corrected chi connectivity index (χ3v) is 3.38. The van der Waals surface area contributed by atoms with Crippen molar-refractivity contribution >= 4 is 40.7 Å². The van der Waals surface area contributed by atoms with Crippen LogP contribution in [0.15, 0.2) is 42.5 Å². The summed E-state index contributed by atoms with van der Waals surface area (Å²) in [6.07, 6.45) is 0. The van der Waals surface area contributed by atoms with E-state index in [1.54, 1.807) is 31.4 Å². The number of carbonyl (C=O) groups is 2. The Hall–Kier alpha value is -2.24. The van der Waals surface area contributed by atoms with Gasteiger partial charge >= 0.3 is 11.8 Å². The number of nitrogens with one attached hydrogen (secondary N) is 2. The van der Waals surface area contributed by atoms with Crippen molar-refractivity contribution in [3.63, 3.8) is 0 Å². The average Bonchev–Trinajstić information content (AvgIpc) is 2.52. The molecule has 5 nitrogen and oxygen atoms in total. The smallest absolute Gasteiger partial charge is 0.313 e. The standard InChI is InChI=1S/C16H14Cl2N2O3/c1-23-14-4-2-10(3-5-14)9-19-15(21)16(22)20-13-7-11(17)6-12(18)8-13/h2-8H,9H2,1H3,(H,19,21)(H,20,22). The Morgan fingerprint density at radius 3 is 2.17 bits per heavy atom. The number of benzene rings is 2. The summed E-state index contributed by atoms with van der Waals surface area (Å²) in [5, 5.41) is 5.70. The van der Waals surface area contributed by atoms with E-state index in [1.165, 1.54) is 18.2 Å². The number of ether oxygens (including phenoxy) is 1. The van der Waals surface area contributed by atoms with Crippen LogP contribution in [0.1, 0.15) is 5.56 Å². The average molecular weight is 353 g/mol. The second kappa shape index (κ2) is 7.85. The van der Waals surface area contributed by atoms with Crippen LogP contribution < -0.4 is 15.4 Å². The quantitative estimate of drug-likeness (QED) is 0.830. The van der Waals surface area contributed by atoms with Crippen LogP contribution in [0, 0.1) is 0 Å². The highest BCUT2D eigenvalue weighted by Crippen LogP contribution is 2.22. The Balaban J connectivity index is 1.90. The molecular weight excluding hydrogens is 339 g/mol. The maximum absolute atomic E-state index is 11.8. The van der Waals surface area contributed by atoms with Gasteiger partial charge in [-0.15, -0.1) is 0 Å². The Labute approximate surface area is 143 Å². The molecule has 0 aliphatic carbocycles. The number of halogens is 2. The largest absolute Gasteiger partial charge is 0.497 e. The van der Waals surface area contributed by atoms with Gasteiger partial charge < -0.3 is 15.4 Å². The van der Waals surface area contributed by atoms with Crippen molar-refractivity contribution in [2.45, 2.75) is 6.54 Å². The molecule has 0 saturated heterocycles. The van der Waals surface area contributed by atoms with Gasteiger partial charge in [0.1, 0.15) is 5.75 Å². The SMILES string of the molecule is COc1ccc(CNC(=O)C(=O)Nc2cc(Cl)cc(Cl)c2)cc1. The monoisotopic (exact) mass is 352 g/mol. The van der Waals surface area contributed by atoms with Crippen molar-refractivity contribution in [3.8, 4) is 5.75 Å². The van der Waals surface area contributed by atoms with E-state index in [1.807, 2.05) is 0 Å². The first-order chi connectivity index (χ1) is 11.0. The molecule has 0 atom stereocenters. The van der Waals surface area contributed by atoms with Crippen molar-refractivity contribution in [1.82, 2.24) is 5.32 Å². The van der Waals surface area contributed by atoms with Gasteiger partial charge in [-0.3, -0.25) is 9.59 Å². The minimum atomic E-state index is -0.795. The van der Waals surface area contributed by atoms with E-state index in [0.29, 0.717) is 15.7 Å². The number of hydrogen-bond donors (Lipinski definition) is 2. The second-order valence-corrected chi connectivity index (χ2v) is 5.52.